The van der Waals surface area contributed by atoms with Crippen LogP contribution in [-0.2, 0) is 4.43 Å². The Hall–Kier alpha value is -0.743. The number of pyridine rings is 1. The number of aryl methyl sites for hydroxylation is 1. The highest BCUT2D eigenvalue weighted by Crippen LogP contribution is 2.40. The van der Waals surface area contributed by atoms with Crippen LogP contribution in [0.4, 0.5) is 0 Å². The van der Waals surface area contributed by atoms with Gasteiger partial charge in [0, 0.05) is 6.20 Å². The highest BCUT2D eigenvalue weighted by atomic mass is 32.2. The van der Waals surface area contributed by atoms with Gasteiger partial charge in [0.1, 0.15) is 10.1 Å². The van der Waals surface area contributed by atoms with Gasteiger partial charge in [0.2, 0.25) is 0 Å². The first-order chi connectivity index (χ1) is 8.67. The van der Waals surface area contributed by atoms with Crippen LogP contribution in [-0.4, -0.2) is 13.3 Å². The fraction of sp³-hybridized carbons (Fsp3) is 0.533. The minimum Gasteiger partial charge on any atom is -0.539 e. The average Bonchev–Trinajstić information content (AvgIpc) is 2.29. The summed E-state index contributed by atoms with van der Waals surface area (Å²) in [7, 11) is -1.78. The van der Waals surface area contributed by atoms with Crippen LogP contribution in [0.1, 0.15) is 33.3 Å². The number of nitrogens with zero attached hydrogens (tertiary/aromatic N) is 1. The molecule has 0 radical (unpaired) electrons. The van der Waals surface area contributed by atoms with Gasteiger partial charge in [-0.25, -0.2) is 4.98 Å². The molecule has 106 valence electrons. The maximum absolute atomic E-state index is 6.33. The standard InChI is InChI=1S/C15H25NOSSi/c1-8-13(17-19(6,7)15(3,4)5)18-14-12(2)10-9-11-16-14/h8-11H,1-7H3/b13-8+. The van der Waals surface area contributed by atoms with Crippen molar-refractivity contribution in [1.29, 1.82) is 0 Å². The van der Waals surface area contributed by atoms with Crippen LogP contribution < -0.4 is 0 Å². The number of allylic oxidation sites excluding steroid dienone is 1. The summed E-state index contributed by atoms with van der Waals surface area (Å²) in [6, 6.07) is 4.04. The Kier molecular flexibility index (Phi) is 5.27. The molecule has 0 aliphatic heterocycles. The Morgan fingerprint density at radius 2 is 2.00 bits per heavy atom. The van der Waals surface area contributed by atoms with Crippen LogP contribution in [0.2, 0.25) is 18.1 Å². The molecule has 0 unspecified atom stereocenters. The first-order valence-corrected chi connectivity index (χ1v) is 10.3. The van der Waals surface area contributed by atoms with Crippen molar-refractivity contribution >= 4 is 20.1 Å². The van der Waals surface area contributed by atoms with Gasteiger partial charge in [-0.2, -0.15) is 0 Å². The topological polar surface area (TPSA) is 22.1 Å². The monoisotopic (exact) mass is 295 g/mol. The molecule has 0 aliphatic carbocycles. The SMILES string of the molecule is C/C=C(\O[Si](C)(C)C(C)(C)C)Sc1ncccc1C. The van der Waals surface area contributed by atoms with Crippen molar-refractivity contribution < 1.29 is 4.43 Å². The smallest absolute Gasteiger partial charge is 0.251 e. The number of hydrogen-bond acceptors (Lipinski definition) is 3. The molecule has 0 aromatic carbocycles. The summed E-state index contributed by atoms with van der Waals surface area (Å²) < 4.78 is 6.33. The molecular formula is C15H25NOSSi. The van der Waals surface area contributed by atoms with Crippen molar-refractivity contribution in [3.63, 3.8) is 0 Å². The van der Waals surface area contributed by atoms with Gasteiger partial charge in [-0.1, -0.05) is 26.8 Å². The summed E-state index contributed by atoms with van der Waals surface area (Å²) >= 11 is 1.62. The van der Waals surface area contributed by atoms with Gasteiger partial charge in [0.25, 0.3) is 8.32 Å². The molecule has 0 spiro atoms. The molecule has 19 heavy (non-hydrogen) atoms. The van der Waals surface area contributed by atoms with Crippen LogP contribution in [0.15, 0.2) is 34.5 Å². The molecule has 0 amide bonds. The minimum absolute atomic E-state index is 0.209. The van der Waals surface area contributed by atoms with E-state index in [2.05, 4.69) is 51.8 Å². The molecule has 0 N–H and O–H groups in total. The molecule has 0 saturated carbocycles. The summed E-state index contributed by atoms with van der Waals surface area (Å²) in [5.41, 5.74) is 1.19. The second kappa shape index (κ2) is 6.14. The molecule has 1 heterocycles. The van der Waals surface area contributed by atoms with Crippen LogP contribution in [0, 0.1) is 6.92 Å². The molecule has 2 nitrogen and oxygen atoms in total. The first-order valence-electron chi connectivity index (χ1n) is 6.62. The molecule has 0 aliphatic rings. The lowest BCUT2D eigenvalue weighted by molar-refractivity contribution is 0.417. The third-order valence-electron chi connectivity index (χ3n) is 3.56. The van der Waals surface area contributed by atoms with Gasteiger partial charge in [-0.05, 0) is 61.4 Å². The van der Waals surface area contributed by atoms with Crippen LogP contribution >= 0.6 is 11.8 Å². The summed E-state index contributed by atoms with van der Waals surface area (Å²) in [6.45, 7) is 15.4. The predicted molar refractivity (Wildman–Crippen MR) is 86.9 cm³/mol. The number of aromatic nitrogens is 1. The first kappa shape index (κ1) is 16.3. The normalized spacial score (nSPS) is 13.5. The third kappa shape index (κ3) is 4.39. The molecule has 4 heteroatoms. The zero-order valence-electron chi connectivity index (χ0n) is 13.1. The second-order valence-electron chi connectivity index (χ2n) is 6.20. The number of rotatable bonds is 4. The van der Waals surface area contributed by atoms with Crippen molar-refractivity contribution in [1.82, 2.24) is 4.98 Å². The van der Waals surface area contributed by atoms with E-state index in [1.54, 1.807) is 11.8 Å². The van der Waals surface area contributed by atoms with Gasteiger partial charge < -0.3 is 4.43 Å². The highest BCUT2D eigenvalue weighted by molar-refractivity contribution is 8.02. The maximum Gasteiger partial charge on any atom is 0.251 e. The molecule has 0 bridgehead atoms. The summed E-state index contributed by atoms with van der Waals surface area (Å²) in [5, 5.41) is 2.20. The van der Waals surface area contributed by atoms with Crippen molar-refractivity contribution in [2.45, 2.75) is 57.8 Å². The zero-order valence-corrected chi connectivity index (χ0v) is 14.9. The second-order valence-corrected chi connectivity index (χ2v) is 11.9. The predicted octanol–water partition coefficient (Wildman–Crippen LogP) is 5.37. The largest absolute Gasteiger partial charge is 0.539 e. The maximum atomic E-state index is 6.33. The lowest BCUT2D eigenvalue weighted by Crippen LogP contribution is -2.40. The van der Waals surface area contributed by atoms with Crippen LogP contribution in [0.5, 0.6) is 0 Å². The third-order valence-corrected chi connectivity index (χ3v) is 9.19. The Balaban J connectivity index is 2.85. The molecule has 0 atom stereocenters. The molecular weight excluding hydrogens is 270 g/mol. The van der Waals surface area contributed by atoms with E-state index in [0.717, 1.165) is 10.1 Å². The highest BCUT2D eigenvalue weighted by Gasteiger charge is 2.39. The minimum atomic E-state index is -1.78. The summed E-state index contributed by atoms with van der Waals surface area (Å²) in [6.07, 6.45) is 3.87. The Morgan fingerprint density at radius 1 is 1.37 bits per heavy atom. The van der Waals surface area contributed by atoms with Crippen LogP contribution in [0.3, 0.4) is 0 Å². The van der Waals surface area contributed by atoms with E-state index < -0.39 is 8.32 Å². The van der Waals surface area contributed by atoms with E-state index in [1.165, 1.54) is 5.56 Å². The van der Waals surface area contributed by atoms with Gasteiger partial charge in [0.05, 0.1) is 0 Å². The van der Waals surface area contributed by atoms with Crippen molar-refractivity contribution in [2.24, 2.45) is 0 Å². The fourth-order valence-corrected chi connectivity index (χ4v) is 3.59. The molecule has 0 saturated heterocycles. The van der Waals surface area contributed by atoms with Gasteiger partial charge in [-0.15, -0.1) is 0 Å². The Labute approximate surface area is 122 Å². The molecule has 1 aromatic heterocycles. The van der Waals surface area contributed by atoms with Gasteiger partial charge in [0.15, 0.2) is 0 Å². The van der Waals surface area contributed by atoms with E-state index >= 15 is 0 Å². The Bertz CT molecular complexity index is 463. The van der Waals surface area contributed by atoms with E-state index in [0.29, 0.717) is 0 Å². The lowest BCUT2D eigenvalue weighted by atomic mass is 10.2. The van der Waals surface area contributed by atoms with Crippen molar-refractivity contribution in [3.8, 4) is 0 Å². The lowest BCUT2D eigenvalue weighted by Gasteiger charge is -2.37. The average molecular weight is 296 g/mol. The van der Waals surface area contributed by atoms with E-state index in [-0.39, 0.29) is 5.04 Å². The number of thioether (sulfide) groups is 1. The van der Waals surface area contributed by atoms with Crippen LogP contribution in [0.25, 0.3) is 0 Å². The Morgan fingerprint density at radius 3 is 2.47 bits per heavy atom. The molecule has 0 fully saturated rings. The van der Waals surface area contributed by atoms with Gasteiger partial charge >= 0.3 is 0 Å². The fourth-order valence-electron chi connectivity index (χ4n) is 1.22. The zero-order chi connectivity index (χ0) is 14.7. The summed E-state index contributed by atoms with van der Waals surface area (Å²) in [5.74, 6) is 0. The summed E-state index contributed by atoms with van der Waals surface area (Å²) in [4.78, 5) is 4.42. The van der Waals surface area contributed by atoms with Crippen molar-refractivity contribution in [3.05, 3.63) is 35.1 Å². The molecule has 1 aromatic rings. The quantitative estimate of drug-likeness (QED) is 0.424. The van der Waals surface area contributed by atoms with E-state index in [4.69, 9.17) is 4.43 Å². The van der Waals surface area contributed by atoms with Gasteiger partial charge in [-0.3, -0.25) is 0 Å². The van der Waals surface area contributed by atoms with E-state index in [9.17, 15) is 0 Å². The molecule has 1 rings (SSSR count). The van der Waals surface area contributed by atoms with E-state index in [1.807, 2.05) is 25.3 Å². The number of hydrogen-bond donors (Lipinski definition) is 0. The van der Waals surface area contributed by atoms with Crippen molar-refractivity contribution in [2.75, 3.05) is 0 Å².